The third-order valence-electron chi connectivity index (χ3n) is 8.36. The highest BCUT2D eigenvalue weighted by Gasteiger charge is 2.17. The third kappa shape index (κ3) is 7.60. The molecule has 4 aromatic rings. The highest BCUT2D eigenvalue weighted by Crippen LogP contribution is 2.32. The van der Waals surface area contributed by atoms with E-state index in [-0.39, 0.29) is 10.2 Å². The summed E-state index contributed by atoms with van der Waals surface area (Å²) in [6.07, 6.45) is 3.06. The van der Waals surface area contributed by atoms with Gasteiger partial charge >= 0.3 is 0 Å². The van der Waals surface area contributed by atoms with Gasteiger partial charge in [0.2, 0.25) is 11.9 Å². The molecule has 10 heteroatoms. The Morgan fingerprint density at radius 3 is 2.09 bits per heavy atom. The fraction of sp³-hybridized carbons (Fsp3) is 0.286. The van der Waals surface area contributed by atoms with E-state index in [1.54, 1.807) is 6.20 Å². The van der Waals surface area contributed by atoms with Crippen LogP contribution in [-0.2, 0) is 4.79 Å². The molecule has 0 saturated carbocycles. The van der Waals surface area contributed by atoms with Gasteiger partial charge < -0.3 is 35.6 Å². The summed E-state index contributed by atoms with van der Waals surface area (Å²) in [4.78, 5) is 31.2. The van der Waals surface area contributed by atoms with Gasteiger partial charge in [-0.3, -0.25) is 4.79 Å². The molecule has 0 spiro atoms. The molecule has 1 aromatic heterocycles. The van der Waals surface area contributed by atoms with Crippen LogP contribution in [0.15, 0.2) is 91.6 Å². The smallest absolute Gasteiger partial charge is 0.247 e. The number of carbonyl (C=O) groups is 1. The van der Waals surface area contributed by atoms with E-state index in [9.17, 15) is 4.79 Å². The molecule has 0 bridgehead atoms. The molecule has 2 fully saturated rings. The van der Waals surface area contributed by atoms with Crippen LogP contribution in [0, 0.1) is 0 Å². The Balaban J connectivity index is 0.00000208. The van der Waals surface area contributed by atoms with Gasteiger partial charge in [0.15, 0.2) is 0 Å². The Morgan fingerprint density at radius 2 is 1.40 bits per heavy atom. The number of benzene rings is 3. The number of carbonyl (C=O) groups excluding carboxylic acids is 1. The first-order chi connectivity index (χ1) is 21.9. The minimum Gasteiger partial charge on any atom is -0.369 e. The highest BCUT2D eigenvalue weighted by atomic mass is 16.1. The minimum atomic E-state index is -0.267. The van der Waals surface area contributed by atoms with Crippen molar-refractivity contribution in [3.63, 3.8) is 0 Å². The molecular weight excluding hydrogens is 562 g/mol. The van der Waals surface area contributed by atoms with Crippen molar-refractivity contribution in [2.45, 2.75) is 0 Å². The lowest BCUT2D eigenvalue weighted by molar-refractivity contribution is -0.111. The van der Waals surface area contributed by atoms with E-state index in [0.717, 1.165) is 75.0 Å². The molecule has 0 radical (unpaired) electrons. The van der Waals surface area contributed by atoms with Crippen molar-refractivity contribution in [2.24, 2.45) is 0 Å². The van der Waals surface area contributed by atoms with Crippen molar-refractivity contribution in [1.29, 1.82) is 0 Å². The zero-order valence-electron chi connectivity index (χ0n) is 26.0. The summed E-state index contributed by atoms with van der Waals surface area (Å²) in [5.41, 5.74) is 7.22. The zero-order valence-corrected chi connectivity index (χ0v) is 26.0. The van der Waals surface area contributed by atoms with Crippen LogP contribution in [0.3, 0.4) is 0 Å². The van der Waals surface area contributed by atoms with Gasteiger partial charge in [0, 0.05) is 90.6 Å². The van der Waals surface area contributed by atoms with Gasteiger partial charge in [-0.25, -0.2) is 9.97 Å². The van der Waals surface area contributed by atoms with Crippen LogP contribution in [0.4, 0.5) is 40.1 Å². The summed E-state index contributed by atoms with van der Waals surface area (Å²) in [6, 6.07) is 24.5. The normalized spacial score (nSPS) is 15.9. The summed E-state index contributed by atoms with van der Waals surface area (Å²) in [5.74, 6) is 0.216. The summed E-state index contributed by atoms with van der Waals surface area (Å²) in [7, 11) is 4.33. The first-order valence-electron chi connectivity index (χ1n) is 15.5. The van der Waals surface area contributed by atoms with Gasteiger partial charge in [-0.1, -0.05) is 24.8 Å². The average Bonchev–Trinajstić information content (AvgIpc) is 3.07. The fourth-order valence-electron chi connectivity index (χ4n) is 5.64. The molecule has 238 valence electrons. The fourth-order valence-corrected chi connectivity index (χ4v) is 5.64. The number of nitrogens with one attached hydrogen (secondary N) is 3. The van der Waals surface area contributed by atoms with Crippen LogP contribution < -0.4 is 25.8 Å². The molecule has 3 N–H and O–H groups in total. The van der Waals surface area contributed by atoms with Gasteiger partial charge in [0.25, 0.3) is 0 Å². The topological polar surface area (TPSA) is 91.9 Å². The molecule has 10 nitrogen and oxygen atoms in total. The van der Waals surface area contributed by atoms with Gasteiger partial charge in [0.1, 0.15) is 0 Å². The van der Waals surface area contributed by atoms with E-state index in [0.29, 0.717) is 17.3 Å². The molecule has 0 aliphatic carbocycles. The van der Waals surface area contributed by atoms with Gasteiger partial charge in [0.05, 0.1) is 17.6 Å². The molecule has 0 atom stereocenters. The standard InChI is InChI=1S/C35H41N9O.3H2/c1-4-33(45)38-28-8-5-7-26(23-28)34-32(37-27-11-13-30(14-12-27)43-19-15-41(2)16-20-43)25-36-35(40-34)39-29-9-6-10-31(24-29)44-21-17-42(3)18-22-44;;;/h4-14,23-25,37H,1,15-22H2,2-3H3,(H,38,45)(H,36,39,40);3*1H. The SMILES string of the molecule is C=CC(=O)Nc1cccc(-c2nc(Nc3cccc(N4CCN(C)CC4)c3)ncc2Nc2ccc(N3CCN(C)CC3)cc2)c1.[HH].[HH].[HH]. The van der Waals surface area contributed by atoms with Crippen molar-refractivity contribution in [2.75, 3.05) is 92.2 Å². The largest absolute Gasteiger partial charge is 0.369 e. The second kappa shape index (κ2) is 13.8. The quantitative estimate of drug-likeness (QED) is 0.198. The first kappa shape index (κ1) is 30.1. The lowest BCUT2D eigenvalue weighted by Gasteiger charge is -2.34. The van der Waals surface area contributed by atoms with Crippen molar-refractivity contribution in [3.05, 3.63) is 91.6 Å². The molecule has 45 heavy (non-hydrogen) atoms. The second-order valence-corrected chi connectivity index (χ2v) is 11.7. The number of piperazine rings is 2. The van der Waals surface area contributed by atoms with Gasteiger partial charge in [-0.05, 0) is 74.8 Å². The molecule has 3 heterocycles. The van der Waals surface area contributed by atoms with Crippen molar-refractivity contribution >= 4 is 46.0 Å². The Morgan fingerprint density at radius 1 is 0.756 bits per heavy atom. The van der Waals surface area contributed by atoms with Crippen LogP contribution in [0.2, 0.25) is 0 Å². The van der Waals surface area contributed by atoms with Crippen LogP contribution in [0.25, 0.3) is 11.3 Å². The lowest BCUT2D eigenvalue weighted by Crippen LogP contribution is -2.44. The number of hydrogen-bond donors (Lipinski definition) is 3. The maximum atomic E-state index is 12.0. The minimum absolute atomic E-state index is 0. The van der Waals surface area contributed by atoms with Crippen LogP contribution in [0.1, 0.15) is 4.28 Å². The molecule has 6 rings (SSSR count). The highest BCUT2D eigenvalue weighted by molar-refractivity contribution is 5.99. The summed E-state index contributed by atoms with van der Waals surface area (Å²) < 4.78 is 0. The summed E-state index contributed by atoms with van der Waals surface area (Å²) in [5, 5.41) is 9.80. The van der Waals surface area contributed by atoms with Gasteiger partial charge in [-0.15, -0.1) is 0 Å². The Kier molecular flexibility index (Phi) is 9.23. The van der Waals surface area contributed by atoms with E-state index in [1.807, 2.05) is 30.3 Å². The van der Waals surface area contributed by atoms with Crippen LogP contribution >= 0.6 is 0 Å². The zero-order chi connectivity index (χ0) is 31.2. The second-order valence-electron chi connectivity index (χ2n) is 11.7. The van der Waals surface area contributed by atoms with Crippen LogP contribution in [0.5, 0.6) is 0 Å². The maximum absolute atomic E-state index is 12.0. The molecular formula is C35H47N9O. The number of anilines is 7. The monoisotopic (exact) mass is 609 g/mol. The number of likely N-dealkylation sites (N-methyl/N-ethyl adjacent to an activating group) is 2. The molecule has 1 amide bonds. The number of hydrogen-bond acceptors (Lipinski definition) is 9. The van der Waals surface area contributed by atoms with E-state index < -0.39 is 0 Å². The van der Waals surface area contributed by atoms with Gasteiger partial charge in [-0.2, -0.15) is 0 Å². The molecule has 2 aliphatic rings. The Labute approximate surface area is 269 Å². The van der Waals surface area contributed by atoms with E-state index >= 15 is 0 Å². The van der Waals surface area contributed by atoms with Crippen molar-refractivity contribution in [3.8, 4) is 11.3 Å². The number of rotatable bonds is 9. The molecule has 0 unspecified atom stereocenters. The molecule has 2 saturated heterocycles. The Hall–Kier alpha value is -4.93. The summed E-state index contributed by atoms with van der Waals surface area (Å²) in [6.45, 7) is 11.8. The molecule has 2 aliphatic heterocycles. The molecule has 3 aromatic carbocycles. The van der Waals surface area contributed by atoms with E-state index in [2.05, 4.69) is 104 Å². The van der Waals surface area contributed by atoms with Crippen molar-refractivity contribution in [1.82, 2.24) is 19.8 Å². The third-order valence-corrected chi connectivity index (χ3v) is 8.36. The average molecular weight is 610 g/mol. The number of amides is 1. The number of aromatic nitrogens is 2. The van der Waals surface area contributed by atoms with E-state index in [1.165, 1.54) is 17.5 Å². The predicted molar refractivity (Wildman–Crippen MR) is 192 cm³/mol. The summed E-state index contributed by atoms with van der Waals surface area (Å²) >= 11 is 0. The van der Waals surface area contributed by atoms with Crippen molar-refractivity contribution < 1.29 is 9.07 Å². The number of nitrogens with zero attached hydrogens (tertiary/aromatic N) is 6. The predicted octanol–water partition coefficient (Wildman–Crippen LogP) is 6.00. The lowest BCUT2D eigenvalue weighted by atomic mass is 10.1. The maximum Gasteiger partial charge on any atom is 0.247 e. The van der Waals surface area contributed by atoms with Crippen LogP contribution in [-0.4, -0.2) is 92.1 Å². The Bertz CT molecular complexity index is 1640. The van der Waals surface area contributed by atoms with E-state index in [4.69, 9.17) is 4.98 Å². The first-order valence-corrected chi connectivity index (χ1v) is 15.5.